The molecule has 2 fully saturated rings. The van der Waals surface area contributed by atoms with E-state index in [1.165, 1.54) is 28.0 Å². The Hall–Kier alpha value is -2.71. The summed E-state index contributed by atoms with van der Waals surface area (Å²) in [5.74, 6) is -2.65. The highest BCUT2D eigenvalue weighted by atomic mass is 19.3. The summed E-state index contributed by atoms with van der Waals surface area (Å²) < 4.78 is 29.7. The van der Waals surface area contributed by atoms with Gasteiger partial charge in [-0.05, 0) is 38.3 Å². The van der Waals surface area contributed by atoms with E-state index in [0.29, 0.717) is 32.4 Å². The van der Waals surface area contributed by atoms with E-state index in [4.69, 9.17) is 0 Å². The molecule has 0 bridgehead atoms. The second-order valence-electron chi connectivity index (χ2n) is 7.04. The molecule has 0 aromatic heterocycles. The summed E-state index contributed by atoms with van der Waals surface area (Å²) in [5, 5.41) is 9.26. The van der Waals surface area contributed by atoms with Crippen LogP contribution >= 0.6 is 0 Å². The first-order chi connectivity index (χ1) is 13.3. The Morgan fingerprint density at radius 3 is 2.50 bits per heavy atom. The van der Waals surface area contributed by atoms with Crippen LogP contribution in [0.15, 0.2) is 24.3 Å². The molecule has 3 unspecified atom stereocenters. The van der Waals surface area contributed by atoms with Crippen LogP contribution < -0.4 is 4.74 Å². The zero-order valence-corrected chi connectivity index (χ0v) is 15.4. The van der Waals surface area contributed by atoms with Crippen LogP contribution in [0.5, 0.6) is 5.75 Å². The van der Waals surface area contributed by atoms with Gasteiger partial charge >= 0.3 is 12.6 Å². The third kappa shape index (κ3) is 3.79. The quantitative estimate of drug-likeness (QED) is 0.825. The average molecular weight is 396 g/mol. The molecule has 0 radical (unpaired) electrons. The largest absolute Gasteiger partial charge is 0.481 e. The lowest BCUT2D eigenvalue weighted by molar-refractivity contribution is -0.143. The number of carboxylic acid groups (broad SMARTS) is 1. The zero-order chi connectivity index (χ0) is 20.4. The SMILES string of the molecule is CC1C(C(=O)O)CCN1C(=O)C1CCCN1C(=O)c1ccccc1OC(F)F. The van der Waals surface area contributed by atoms with Crippen molar-refractivity contribution < 1.29 is 33.0 Å². The number of hydrogen-bond donors (Lipinski definition) is 1. The van der Waals surface area contributed by atoms with Crippen molar-refractivity contribution in [1.82, 2.24) is 9.80 Å². The van der Waals surface area contributed by atoms with Crippen LogP contribution in [0, 0.1) is 5.92 Å². The third-order valence-corrected chi connectivity index (χ3v) is 5.49. The normalized spacial score (nSPS) is 24.6. The second kappa shape index (κ2) is 8.12. The Balaban J connectivity index is 1.79. The number of nitrogens with zero attached hydrogens (tertiary/aromatic N) is 2. The van der Waals surface area contributed by atoms with Gasteiger partial charge in [0.25, 0.3) is 5.91 Å². The molecule has 9 heteroatoms. The zero-order valence-electron chi connectivity index (χ0n) is 15.4. The van der Waals surface area contributed by atoms with E-state index in [1.807, 2.05) is 0 Å². The van der Waals surface area contributed by atoms with Crippen LogP contribution in [0.1, 0.15) is 36.5 Å². The van der Waals surface area contributed by atoms with Crippen molar-refractivity contribution in [2.24, 2.45) is 5.92 Å². The fourth-order valence-corrected chi connectivity index (χ4v) is 4.04. The number of likely N-dealkylation sites (tertiary alicyclic amines) is 2. The molecule has 0 aliphatic carbocycles. The number of alkyl halides is 2. The third-order valence-electron chi connectivity index (χ3n) is 5.49. The number of halogens is 2. The average Bonchev–Trinajstić information content (AvgIpc) is 3.27. The van der Waals surface area contributed by atoms with Crippen LogP contribution in [-0.2, 0) is 9.59 Å². The first-order valence-electron chi connectivity index (χ1n) is 9.19. The number of rotatable bonds is 5. The van der Waals surface area contributed by atoms with Gasteiger partial charge < -0.3 is 19.6 Å². The Bertz CT molecular complexity index is 772. The number of ether oxygens (including phenoxy) is 1. The Morgan fingerprint density at radius 1 is 1.14 bits per heavy atom. The van der Waals surface area contributed by atoms with E-state index in [9.17, 15) is 28.3 Å². The number of benzene rings is 1. The van der Waals surface area contributed by atoms with Gasteiger partial charge in [0.15, 0.2) is 0 Å². The first kappa shape index (κ1) is 20.0. The summed E-state index contributed by atoms with van der Waals surface area (Å²) in [7, 11) is 0. The molecule has 152 valence electrons. The summed E-state index contributed by atoms with van der Waals surface area (Å²) in [5.41, 5.74) is -0.0274. The van der Waals surface area contributed by atoms with Crippen LogP contribution in [0.25, 0.3) is 0 Å². The minimum absolute atomic E-state index is 0.0274. The minimum atomic E-state index is -3.07. The molecule has 0 saturated carbocycles. The van der Waals surface area contributed by atoms with Gasteiger partial charge in [0.2, 0.25) is 5.91 Å². The molecule has 28 heavy (non-hydrogen) atoms. The Morgan fingerprint density at radius 2 is 1.86 bits per heavy atom. The molecule has 2 heterocycles. The molecule has 7 nitrogen and oxygen atoms in total. The highest BCUT2D eigenvalue weighted by Gasteiger charge is 2.44. The number of carboxylic acids is 1. The minimum Gasteiger partial charge on any atom is -0.481 e. The van der Waals surface area contributed by atoms with E-state index in [2.05, 4.69) is 4.74 Å². The van der Waals surface area contributed by atoms with E-state index >= 15 is 0 Å². The van der Waals surface area contributed by atoms with Gasteiger partial charge in [0, 0.05) is 19.1 Å². The number of aliphatic carboxylic acids is 1. The van der Waals surface area contributed by atoms with Gasteiger partial charge in [-0.25, -0.2) is 0 Å². The van der Waals surface area contributed by atoms with Gasteiger partial charge in [-0.2, -0.15) is 8.78 Å². The van der Waals surface area contributed by atoms with Crippen LogP contribution in [0.4, 0.5) is 8.78 Å². The summed E-state index contributed by atoms with van der Waals surface area (Å²) in [6.45, 7) is -0.733. The molecule has 3 atom stereocenters. The predicted molar refractivity (Wildman–Crippen MR) is 94.1 cm³/mol. The Labute approximate surface area is 160 Å². The molecule has 3 rings (SSSR count). The standard InChI is InChI=1S/C19H22F2N2O5/c1-11-12(18(26)27)8-10-22(11)17(25)14-6-4-9-23(14)16(24)13-5-2-3-7-15(13)28-19(20)21/h2-3,5,7,11-12,14,19H,4,6,8-10H2,1H3,(H,26,27). The first-order valence-corrected chi connectivity index (χ1v) is 9.19. The number of hydrogen-bond acceptors (Lipinski definition) is 4. The van der Waals surface area contributed by atoms with Crippen molar-refractivity contribution in [3.8, 4) is 5.75 Å². The molecule has 0 spiro atoms. The van der Waals surface area contributed by atoms with Crippen molar-refractivity contribution >= 4 is 17.8 Å². The molecule has 2 saturated heterocycles. The lowest BCUT2D eigenvalue weighted by Crippen LogP contribution is -2.49. The molecule has 1 aromatic rings. The van der Waals surface area contributed by atoms with Crippen molar-refractivity contribution in [1.29, 1.82) is 0 Å². The molecule has 1 N–H and O–H groups in total. The summed E-state index contributed by atoms with van der Waals surface area (Å²) >= 11 is 0. The number of amides is 2. The van der Waals surface area contributed by atoms with Gasteiger partial charge in [-0.3, -0.25) is 14.4 Å². The topological polar surface area (TPSA) is 87.2 Å². The smallest absolute Gasteiger partial charge is 0.387 e. The maximum Gasteiger partial charge on any atom is 0.387 e. The van der Waals surface area contributed by atoms with E-state index in [0.717, 1.165) is 0 Å². The maximum atomic E-state index is 13.0. The summed E-state index contributed by atoms with van der Waals surface area (Å²) in [6.07, 6.45) is 1.42. The highest BCUT2D eigenvalue weighted by Crippen LogP contribution is 2.30. The van der Waals surface area contributed by atoms with Gasteiger partial charge in [0.05, 0.1) is 11.5 Å². The highest BCUT2D eigenvalue weighted by molar-refractivity contribution is 6.00. The fraction of sp³-hybridized carbons (Fsp3) is 0.526. The van der Waals surface area contributed by atoms with Gasteiger partial charge in [-0.15, -0.1) is 0 Å². The molecule has 2 amide bonds. The number of carbonyl (C=O) groups is 3. The molecule has 1 aromatic carbocycles. The number of carbonyl (C=O) groups excluding carboxylic acids is 2. The molecular formula is C19H22F2N2O5. The maximum absolute atomic E-state index is 13.0. The molecule has 2 aliphatic rings. The van der Waals surface area contributed by atoms with E-state index < -0.39 is 36.5 Å². The monoisotopic (exact) mass is 396 g/mol. The lowest BCUT2D eigenvalue weighted by Gasteiger charge is -2.31. The van der Waals surface area contributed by atoms with Gasteiger partial charge in [-0.1, -0.05) is 12.1 Å². The van der Waals surface area contributed by atoms with Crippen LogP contribution in [0.3, 0.4) is 0 Å². The second-order valence-corrected chi connectivity index (χ2v) is 7.04. The molecule has 2 aliphatic heterocycles. The van der Waals surface area contributed by atoms with Crippen molar-refractivity contribution in [2.45, 2.75) is 44.9 Å². The van der Waals surface area contributed by atoms with Crippen molar-refractivity contribution in [2.75, 3.05) is 13.1 Å². The lowest BCUT2D eigenvalue weighted by atomic mass is 10.0. The summed E-state index contributed by atoms with van der Waals surface area (Å²) in [4.78, 5) is 40.2. The molecular weight excluding hydrogens is 374 g/mol. The van der Waals surface area contributed by atoms with Gasteiger partial charge in [0.1, 0.15) is 11.8 Å². The van der Waals surface area contributed by atoms with E-state index in [1.54, 1.807) is 13.0 Å². The van der Waals surface area contributed by atoms with Crippen molar-refractivity contribution in [3.05, 3.63) is 29.8 Å². The fourth-order valence-electron chi connectivity index (χ4n) is 4.04. The Kier molecular flexibility index (Phi) is 5.81. The van der Waals surface area contributed by atoms with Crippen LogP contribution in [-0.4, -0.2) is 64.5 Å². The van der Waals surface area contributed by atoms with Crippen molar-refractivity contribution in [3.63, 3.8) is 0 Å². The number of para-hydroxylation sites is 1. The summed E-state index contributed by atoms with van der Waals surface area (Å²) in [6, 6.07) is 4.50. The predicted octanol–water partition coefficient (Wildman–Crippen LogP) is 2.21. The van der Waals surface area contributed by atoms with Crippen LogP contribution in [0.2, 0.25) is 0 Å². The van der Waals surface area contributed by atoms with E-state index in [-0.39, 0.29) is 17.2 Å².